The Morgan fingerprint density at radius 1 is 1.38 bits per heavy atom. The van der Waals surface area contributed by atoms with Crippen LogP contribution in [0.2, 0.25) is 0 Å². The average Bonchev–Trinajstić information content (AvgIpc) is 2.50. The molecule has 1 aliphatic heterocycles. The maximum Gasteiger partial charge on any atom is 0.338 e. The van der Waals surface area contributed by atoms with E-state index in [2.05, 4.69) is 0 Å². The highest BCUT2D eigenvalue weighted by Crippen LogP contribution is 2.35. The number of hydrogen-bond acceptors (Lipinski definition) is 5. The molecule has 0 radical (unpaired) electrons. The minimum absolute atomic E-state index is 0.292. The molecule has 0 unspecified atom stereocenters. The number of carbonyl (C=O) groups excluding carboxylic acids is 1. The smallest absolute Gasteiger partial charge is 0.338 e. The summed E-state index contributed by atoms with van der Waals surface area (Å²) in [4.78, 5) is 19.0. The van der Waals surface area contributed by atoms with Crippen molar-refractivity contribution >= 4 is 22.9 Å². The van der Waals surface area contributed by atoms with E-state index in [0.717, 1.165) is 16.4 Å². The summed E-state index contributed by atoms with van der Waals surface area (Å²) in [6.45, 7) is 4.11. The van der Waals surface area contributed by atoms with Gasteiger partial charge in [0.05, 0.1) is 12.2 Å². The highest BCUT2D eigenvalue weighted by atomic mass is 32.2. The maximum absolute atomic E-state index is 12.3. The van der Waals surface area contributed by atoms with Gasteiger partial charge in [-0.15, -0.1) is 0 Å². The number of hydrogen-bond donors (Lipinski definition) is 0. The molecular weight excluding hydrogens is 284 g/mol. The molecule has 4 nitrogen and oxygen atoms in total. The highest BCUT2D eigenvalue weighted by Gasteiger charge is 2.32. The number of thioether (sulfide) groups is 1. The van der Waals surface area contributed by atoms with Crippen LogP contribution < -0.4 is 0 Å². The van der Waals surface area contributed by atoms with E-state index in [0.29, 0.717) is 12.2 Å². The quantitative estimate of drug-likeness (QED) is 0.804. The van der Waals surface area contributed by atoms with Gasteiger partial charge in [0.1, 0.15) is 6.04 Å². The second-order valence-corrected chi connectivity index (χ2v) is 5.48. The summed E-state index contributed by atoms with van der Waals surface area (Å²) in [5.74, 6) is -0.292. The largest absolute Gasteiger partial charge is 0.463 e. The normalized spacial score (nSPS) is 18.6. The molecule has 5 heteroatoms. The minimum Gasteiger partial charge on any atom is -0.463 e. The summed E-state index contributed by atoms with van der Waals surface area (Å²) in [6, 6.07) is 9.55. The first kappa shape index (κ1) is 15.6. The van der Waals surface area contributed by atoms with Crippen LogP contribution in [0, 0.1) is 0 Å². The Balaban J connectivity index is 2.51. The number of aliphatic imine (C=N–C) groups is 1. The highest BCUT2D eigenvalue weighted by molar-refractivity contribution is 8.13. The Kier molecular flexibility index (Phi) is 5.07. The number of benzene rings is 1. The summed E-state index contributed by atoms with van der Waals surface area (Å²) in [7, 11) is 1.92. The zero-order valence-corrected chi connectivity index (χ0v) is 13.6. The summed E-state index contributed by atoms with van der Waals surface area (Å²) in [5.41, 5.74) is 2.50. The van der Waals surface area contributed by atoms with Crippen LogP contribution in [-0.2, 0) is 9.53 Å². The number of nitrogens with zero attached hydrogens (tertiary/aromatic N) is 2. The molecule has 2 rings (SSSR count). The third-order valence-electron chi connectivity index (χ3n) is 3.49. The number of amidine groups is 1. The molecule has 0 fully saturated rings. The number of allylic oxidation sites excluding steroid dienone is 1. The van der Waals surface area contributed by atoms with Crippen molar-refractivity contribution in [2.24, 2.45) is 4.99 Å². The first-order valence-electron chi connectivity index (χ1n) is 6.88. The summed E-state index contributed by atoms with van der Waals surface area (Å²) >= 11 is 1.57. The lowest BCUT2D eigenvalue weighted by Crippen LogP contribution is -2.32. The Morgan fingerprint density at radius 2 is 2.05 bits per heavy atom. The lowest BCUT2D eigenvalue weighted by atomic mass is 9.96. The molecule has 1 aromatic carbocycles. The second kappa shape index (κ2) is 6.80. The molecule has 1 heterocycles. The Labute approximate surface area is 129 Å². The Bertz CT molecular complexity index is 581. The molecule has 1 aromatic rings. The van der Waals surface area contributed by atoms with Crippen LogP contribution in [0.4, 0.5) is 0 Å². The van der Waals surface area contributed by atoms with Crippen molar-refractivity contribution in [2.75, 3.05) is 19.9 Å². The fourth-order valence-electron chi connectivity index (χ4n) is 2.32. The van der Waals surface area contributed by atoms with Gasteiger partial charge in [-0.1, -0.05) is 42.1 Å². The number of ether oxygens (including phenoxy) is 1. The molecule has 0 amide bonds. The minimum atomic E-state index is -0.302. The van der Waals surface area contributed by atoms with Crippen molar-refractivity contribution in [3.8, 4) is 0 Å². The van der Waals surface area contributed by atoms with Crippen LogP contribution >= 0.6 is 11.8 Å². The van der Waals surface area contributed by atoms with Crippen molar-refractivity contribution < 1.29 is 9.53 Å². The van der Waals surface area contributed by atoms with Gasteiger partial charge in [-0.2, -0.15) is 0 Å². The van der Waals surface area contributed by atoms with Crippen LogP contribution in [0.25, 0.3) is 0 Å². The van der Waals surface area contributed by atoms with Gasteiger partial charge < -0.3 is 9.64 Å². The van der Waals surface area contributed by atoms with Crippen LogP contribution in [0.5, 0.6) is 0 Å². The molecule has 112 valence electrons. The fraction of sp³-hybridized carbons (Fsp3) is 0.375. The molecule has 0 saturated carbocycles. The van der Waals surface area contributed by atoms with E-state index in [9.17, 15) is 4.79 Å². The molecular formula is C16H20N2O2S. The van der Waals surface area contributed by atoms with Gasteiger partial charge >= 0.3 is 5.97 Å². The van der Waals surface area contributed by atoms with Crippen LogP contribution in [0.15, 0.2) is 46.6 Å². The third-order valence-corrected chi connectivity index (χ3v) is 4.23. The molecule has 1 aliphatic rings. The lowest BCUT2D eigenvalue weighted by Gasteiger charge is -2.31. The zero-order chi connectivity index (χ0) is 15.4. The van der Waals surface area contributed by atoms with Crippen molar-refractivity contribution in [3.05, 3.63) is 47.2 Å². The molecule has 0 spiro atoms. The summed E-state index contributed by atoms with van der Waals surface area (Å²) in [6.07, 6.45) is 1.99. The molecule has 0 bridgehead atoms. The van der Waals surface area contributed by atoms with E-state index in [-0.39, 0.29) is 12.0 Å². The SMILES string of the molecule is CCOC(=O)C1=C(C)N(C)C(SC)=N[C@@H]1c1ccccc1. The first-order valence-corrected chi connectivity index (χ1v) is 8.11. The number of carbonyl (C=O) groups is 1. The van der Waals surface area contributed by atoms with E-state index in [1.807, 2.05) is 62.4 Å². The van der Waals surface area contributed by atoms with Gasteiger partial charge in [-0.25, -0.2) is 9.79 Å². The Hall–Kier alpha value is -1.75. The summed E-state index contributed by atoms with van der Waals surface area (Å²) < 4.78 is 5.22. The van der Waals surface area contributed by atoms with Crippen LogP contribution in [0.1, 0.15) is 25.5 Å². The zero-order valence-electron chi connectivity index (χ0n) is 12.8. The van der Waals surface area contributed by atoms with E-state index >= 15 is 0 Å². The van der Waals surface area contributed by atoms with Crippen LogP contribution in [-0.4, -0.2) is 35.9 Å². The second-order valence-electron chi connectivity index (χ2n) is 4.71. The van der Waals surface area contributed by atoms with Crippen molar-refractivity contribution in [1.29, 1.82) is 0 Å². The predicted octanol–water partition coefficient (Wildman–Crippen LogP) is 3.23. The van der Waals surface area contributed by atoms with Gasteiger partial charge in [0.15, 0.2) is 5.17 Å². The predicted molar refractivity (Wildman–Crippen MR) is 87.2 cm³/mol. The number of rotatable bonds is 3. The Morgan fingerprint density at radius 3 is 2.62 bits per heavy atom. The first-order chi connectivity index (χ1) is 10.1. The molecule has 0 aromatic heterocycles. The van der Waals surface area contributed by atoms with Gasteiger partial charge in [0.25, 0.3) is 0 Å². The van der Waals surface area contributed by atoms with Gasteiger partial charge in [-0.05, 0) is 25.7 Å². The maximum atomic E-state index is 12.3. The van der Waals surface area contributed by atoms with Gasteiger partial charge in [0.2, 0.25) is 0 Å². The monoisotopic (exact) mass is 304 g/mol. The standard InChI is InChI=1S/C16H20N2O2S/c1-5-20-15(19)13-11(2)18(3)16(21-4)17-14(13)12-9-7-6-8-10-12/h6-10,14H,5H2,1-4H3/t14-/m1/s1. The van der Waals surface area contributed by atoms with Crippen molar-refractivity contribution in [2.45, 2.75) is 19.9 Å². The van der Waals surface area contributed by atoms with E-state index in [4.69, 9.17) is 9.73 Å². The summed E-state index contributed by atoms with van der Waals surface area (Å²) in [5, 5.41) is 0.898. The van der Waals surface area contributed by atoms with Gasteiger partial charge in [0, 0.05) is 12.7 Å². The van der Waals surface area contributed by atoms with E-state index in [1.165, 1.54) is 0 Å². The molecule has 21 heavy (non-hydrogen) atoms. The van der Waals surface area contributed by atoms with Crippen molar-refractivity contribution in [1.82, 2.24) is 4.90 Å². The van der Waals surface area contributed by atoms with E-state index < -0.39 is 0 Å². The van der Waals surface area contributed by atoms with Gasteiger partial charge in [-0.3, -0.25) is 0 Å². The van der Waals surface area contributed by atoms with Crippen LogP contribution in [0.3, 0.4) is 0 Å². The molecule has 1 atom stereocenters. The third kappa shape index (κ3) is 3.13. The molecule has 0 N–H and O–H groups in total. The lowest BCUT2D eigenvalue weighted by molar-refractivity contribution is -0.139. The van der Waals surface area contributed by atoms with Crippen molar-refractivity contribution in [3.63, 3.8) is 0 Å². The topological polar surface area (TPSA) is 41.9 Å². The molecule has 0 aliphatic carbocycles. The average molecular weight is 304 g/mol. The van der Waals surface area contributed by atoms with E-state index in [1.54, 1.807) is 11.8 Å². The fourth-order valence-corrected chi connectivity index (χ4v) is 2.94. The molecule has 0 saturated heterocycles. The number of esters is 1.